The third kappa shape index (κ3) is 5.89. The summed E-state index contributed by atoms with van der Waals surface area (Å²) in [4.78, 5) is 11.7. The van der Waals surface area contributed by atoms with Gasteiger partial charge in [-0.15, -0.1) is 0 Å². The molecule has 0 bridgehead atoms. The Labute approximate surface area is 149 Å². The van der Waals surface area contributed by atoms with E-state index in [9.17, 15) is 4.79 Å². The van der Waals surface area contributed by atoms with Crippen molar-refractivity contribution in [1.82, 2.24) is 5.43 Å². The third-order valence-corrected chi connectivity index (χ3v) is 3.38. The van der Waals surface area contributed by atoms with E-state index in [-0.39, 0.29) is 12.5 Å². The van der Waals surface area contributed by atoms with Gasteiger partial charge >= 0.3 is 0 Å². The Kier molecular flexibility index (Phi) is 7.04. The summed E-state index contributed by atoms with van der Waals surface area (Å²) in [6, 6.07) is 14.6. The first-order chi connectivity index (χ1) is 11.7. The molecular weight excluding hydrogens is 372 g/mol. The Balaban J connectivity index is 1.83. The molecule has 24 heavy (non-hydrogen) atoms. The van der Waals surface area contributed by atoms with Crippen molar-refractivity contribution in [2.75, 3.05) is 13.2 Å². The quantitative estimate of drug-likeness (QED) is 0.427. The number of carbonyl (C=O) groups excluding carboxylic acids is 1. The lowest BCUT2D eigenvalue weighted by molar-refractivity contribution is -0.123. The molecule has 0 atom stereocenters. The molecule has 0 aliphatic heterocycles. The number of para-hydroxylation sites is 1. The molecule has 0 saturated carbocycles. The molecule has 0 aliphatic carbocycles. The second-order valence-corrected chi connectivity index (χ2v) is 5.59. The number of rotatable bonds is 8. The van der Waals surface area contributed by atoms with Crippen molar-refractivity contribution in [3.8, 4) is 11.5 Å². The number of hydrogen-bond donors (Lipinski definition) is 1. The average Bonchev–Trinajstić information content (AvgIpc) is 2.60. The molecular formula is C18H17BrN2O3. The summed E-state index contributed by atoms with van der Waals surface area (Å²) in [7, 11) is 0. The number of nitrogens with zero attached hydrogens (tertiary/aromatic N) is 1. The number of benzene rings is 2. The molecule has 5 nitrogen and oxygen atoms in total. The number of ether oxygens (including phenoxy) is 2. The van der Waals surface area contributed by atoms with Crippen LogP contribution in [0.25, 0.3) is 0 Å². The van der Waals surface area contributed by atoms with Crippen LogP contribution in [0, 0.1) is 0 Å². The second-order valence-electron chi connectivity index (χ2n) is 4.67. The van der Waals surface area contributed by atoms with Crippen LogP contribution in [-0.2, 0) is 4.79 Å². The highest BCUT2D eigenvalue weighted by Gasteiger charge is 2.02. The van der Waals surface area contributed by atoms with Gasteiger partial charge in [-0.25, -0.2) is 5.43 Å². The SMILES string of the molecule is C=CCOc1ccccc1/C=N\NC(=O)COc1ccc(Br)cc1. The maximum atomic E-state index is 11.7. The Hall–Kier alpha value is -2.60. The summed E-state index contributed by atoms with van der Waals surface area (Å²) >= 11 is 3.33. The van der Waals surface area contributed by atoms with Gasteiger partial charge in [0, 0.05) is 10.0 Å². The molecule has 0 fully saturated rings. The minimum atomic E-state index is -0.348. The summed E-state index contributed by atoms with van der Waals surface area (Å²) in [5, 5.41) is 3.92. The number of hydrogen-bond acceptors (Lipinski definition) is 4. The summed E-state index contributed by atoms with van der Waals surface area (Å²) in [6.07, 6.45) is 3.19. The van der Waals surface area contributed by atoms with Crippen LogP contribution in [0.5, 0.6) is 11.5 Å². The fraction of sp³-hybridized carbons (Fsp3) is 0.111. The van der Waals surface area contributed by atoms with Gasteiger partial charge in [0.05, 0.1) is 6.21 Å². The number of hydrazone groups is 1. The summed E-state index contributed by atoms with van der Waals surface area (Å²) < 4.78 is 11.8. The van der Waals surface area contributed by atoms with Crippen LogP contribution >= 0.6 is 15.9 Å². The van der Waals surface area contributed by atoms with E-state index in [1.165, 1.54) is 6.21 Å². The number of carbonyl (C=O) groups is 1. The summed E-state index contributed by atoms with van der Waals surface area (Å²) in [6.45, 7) is 3.89. The first-order valence-electron chi connectivity index (χ1n) is 7.22. The molecule has 2 rings (SSSR count). The van der Waals surface area contributed by atoms with Crippen LogP contribution in [0.2, 0.25) is 0 Å². The second kappa shape index (κ2) is 9.52. The lowest BCUT2D eigenvalue weighted by Gasteiger charge is -2.06. The zero-order valence-corrected chi connectivity index (χ0v) is 14.5. The maximum absolute atomic E-state index is 11.7. The number of amides is 1. The lowest BCUT2D eigenvalue weighted by atomic mass is 10.2. The van der Waals surface area contributed by atoms with Crippen LogP contribution < -0.4 is 14.9 Å². The number of halogens is 1. The molecule has 6 heteroatoms. The molecule has 0 aromatic heterocycles. The van der Waals surface area contributed by atoms with Crippen molar-refractivity contribution in [3.05, 3.63) is 71.2 Å². The van der Waals surface area contributed by atoms with Gasteiger partial charge in [-0.05, 0) is 36.4 Å². The van der Waals surface area contributed by atoms with Gasteiger partial charge in [-0.3, -0.25) is 4.79 Å². The van der Waals surface area contributed by atoms with E-state index in [1.54, 1.807) is 18.2 Å². The topological polar surface area (TPSA) is 59.9 Å². The van der Waals surface area contributed by atoms with Crippen LogP contribution in [0.4, 0.5) is 0 Å². The van der Waals surface area contributed by atoms with Crippen molar-refractivity contribution in [2.24, 2.45) is 5.10 Å². The van der Waals surface area contributed by atoms with E-state index in [0.29, 0.717) is 18.1 Å². The third-order valence-electron chi connectivity index (χ3n) is 2.85. The zero-order chi connectivity index (χ0) is 17.2. The van der Waals surface area contributed by atoms with Crippen molar-refractivity contribution in [1.29, 1.82) is 0 Å². The Morgan fingerprint density at radius 1 is 1.17 bits per heavy atom. The molecule has 1 amide bonds. The summed E-state index contributed by atoms with van der Waals surface area (Å²) in [5.74, 6) is 0.931. The van der Waals surface area contributed by atoms with E-state index >= 15 is 0 Å². The lowest BCUT2D eigenvalue weighted by Crippen LogP contribution is -2.24. The first kappa shape index (κ1) is 17.7. The molecule has 0 aliphatic rings. The molecule has 0 heterocycles. The fourth-order valence-electron chi connectivity index (χ4n) is 1.75. The van der Waals surface area contributed by atoms with Gasteiger partial charge in [-0.1, -0.05) is 40.7 Å². The van der Waals surface area contributed by atoms with Gasteiger partial charge in [0.15, 0.2) is 6.61 Å². The molecule has 0 radical (unpaired) electrons. The number of nitrogens with one attached hydrogen (secondary N) is 1. The van der Waals surface area contributed by atoms with Crippen LogP contribution in [0.1, 0.15) is 5.56 Å². The molecule has 0 unspecified atom stereocenters. The highest BCUT2D eigenvalue weighted by Crippen LogP contribution is 2.16. The van der Waals surface area contributed by atoms with Crippen LogP contribution in [0.15, 0.2) is 70.8 Å². The van der Waals surface area contributed by atoms with E-state index in [1.807, 2.05) is 36.4 Å². The minimum Gasteiger partial charge on any atom is -0.489 e. The molecule has 124 valence electrons. The van der Waals surface area contributed by atoms with Crippen molar-refractivity contribution < 1.29 is 14.3 Å². The van der Waals surface area contributed by atoms with Gasteiger partial charge < -0.3 is 9.47 Å². The first-order valence-corrected chi connectivity index (χ1v) is 8.01. The van der Waals surface area contributed by atoms with Crippen LogP contribution in [0.3, 0.4) is 0 Å². The van der Waals surface area contributed by atoms with E-state index in [2.05, 4.69) is 33.0 Å². The predicted octanol–water partition coefficient (Wildman–Crippen LogP) is 3.54. The van der Waals surface area contributed by atoms with Crippen molar-refractivity contribution in [3.63, 3.8) is 0 Å². The van der Waals surface area contributed by atoms with Crippen molar-refractivity contribution in [2.45, 2.75) is 0 Å². The largest absolute Gasteiger partial charge is 0.489 e. The van der Waals surface area contributed by atoms with E-state index in [4.69, 9.17) is 9.47 Å². The highest BCUT2D eigenvalue weighted by molar-refractivity contribution is 9.10. The zero-order valence-electron chi connectivity index (χ0n) is 12.9. The Morgan fingerprint density at radius 3 is 2.67 bits per heavy atom. The van der Waals surface area contributed by atoms with Gasteiger partial charge in [0.25, 0.3) is 5.91 Å². The fourth-order valence-corrected chi connectivity index (χ4v) is 2.02. The molecule has 2 aromatic carbocycles. The van der Waals surface area contributed by atoms with Gasteiger partial charge in [0.2, 0.25) is 0 Å². The molecule has 1 N–H and O–H groups in total. The molecule has 2 aromatic rings. The predicted molar refractivity (Wildman–Crippen MR) is 97.5 cm³/mol. The highest BCUT2D eigenvalue weighted by atomic mass is 79.9. The minimum absolute atomic E-state index is 0.117. The Bertz CT molecular complexity index is 714. The maximum Gasteiger partial charge on any atom is 0.277 e. The monoisotopic (exact) mass is 388 g/mol. The molecule has 0 saturated heterocycles. The summed E-state index contributed by atoms with van der Waals surface area (Å²) in [5.41, 5.74) is 3.17. The smallest absolute Gasteiger partial charge is 0.277 e. The van der Waals surface area contributed by atoms with Gasteiger partial charge in [-0.2, -0.15) is 5.10 Å². The normalized spacial score (nSPS) is 10.4. The van der Waals surface area contributed by atoms with Gasteiger partial charge in [0.1, 0.15) is 18.1 Å². The van der Waals surface area contributed by atoms with Crippen LogP contribution in [-0.4, -0.2) is 25.3 Å². The molecule has 0 spiro atoms. The standard InChI is InChI=1S/C18H17BrN2O3/c1-2-11-23-17-6-4-3-5-14(17)12-20-21-18(22)13-24-16-9-7-15(19)8-10-16/h2-10,12H,1,11,13H2,(H,21,22)/b20-12-. The van der Waals surface area contributed by atoms with Crippen molar-refractivity contribution >= 4 is 28.1 Å². The Morgan fingerprint density at radius 2 is 1.92 bits per heavy atom. The van der Waals surface area contributed by atoms with E-state index in [0.717, 1.165) is 10.0 Å². The van der Waals surface area contributed by atoms with E-state index < -0.39 is 0 Å². The average molecular weight is 389 g/mol.